The van der Waals surface area contributed by atoms with Crippen LogP contribution < -0.4 is 0 Å². The van der Waals surface area contributed by atoms with Crippen molar-refractivity contribution < 1.29 is 18.0 Å². The average Bonchev–Trinajstić information content (AvgIpc) is 3.07. The normalized spacial score (nSPS) is 18.4. The van der Waals surface area contributed by atoms with Crippen molar-refractivity contribution in [1.29, 1.82) is 0 Å². The van der Waals surface area contributed by atoms with E-state index in [-0.39, 0.29) is 18.2 Å². The second kappa shape index (κ2) is 6.85. The maximum atomic E-state index is 12.7. The first kappa shape index (κ1) is 17.4. The van der Waals surface area contributed by atoms with Crippen molar-refractivity contribution in [3.8, 4) is 0 Å². The lowest BCUT2D eigenvalue weighted by atomic mass is 9.96. The number of alkyl halides is 3. The van der Waals surface area contributed by atoms with Crippen LogP contribution in [0.2, 0.25) is 0 Å². The summed E-state index contributed by atoms with van der Waals surface area (Å²) in [7, 11) is 0. The Kier molecular flexibility index (Phi) is 4.78. The summed E-state index contributed by atoms with van der Waals surface area (Å²) in [4.78, 5) is 24.5. The van der Waals surface area contributed by atoms with Gasteiger partial charge in [0.05, 0.1) is 12.6 Å². The molecule has 1 aliphatic rings. The Hall–Kier alpha value is -2.38. The van der Waals surface area contributed by atoms with Crippen LogP contribution in [0.4, 0.5) is 13.2 Å². The average molecular weight is 352 g/mol. The molecule has 1 N–H and O–H groups in total. The molecule has 25 heavy (non-hydrogen) atoms. The van der Waals surface area contributed by atoms with Gasteiger partial charge in [-0.1, -0.05) is 0 Å². The maximum Gasteiger partial charge on any atom is 0.432 e. The Morgan fingerprint density at radius 3 is 2.88 bits per heavy atom. The van der Waals surface area contributed by atoms with Gasteiger partial charge in [-0.2, -0.15) is 13.2 Å². The van der Waals surface area contributed by atoms with E-state index in [1.54, 1.807) is 17.3 Å². The third-order valence-corrected chi connectivity index (χ3v) is 4.54. The molecule has 134 valence electrons. The predicted molar refractivity (Wildman–Crippen MR) is 84.8 cm³/mol. The molecular formula is C17H19F3N4O. The Bertz CT molecular complexity index is 756. The second-order valence-corrected chi connectivity index (χ2v) is 6.34. The van der Waals surface area contributed by atoms with Crippen LogP contribution in [0.15, 0.2) is 24.7 Å². The molecule has 1 saturated heterocycles. The van der Waals surface area contributed by atoms with Gasteiger partial charge in [-0.3, -0.25) is 9.78 Å². The van der Waals surface area contributed by atoms with Gasteiger partial charge >= 0.3 is 6.18 Å². The van der Waals surface area contributed by atoms with E-state index in [2.05, 4.69) is 15.0 Å². The first-order chi connectivity index (χ1) is 11.8. The highest BCUT2D eigenvalue weighted by Gasteiger charge is 2.34. The number of rotatable bonds is 3. The molecule has 8 heteroatoms. The summed E-state index contributed by atoms with van der Waals surface area (Å²) in [6.45, 7) is 2.90. The van der Waals surface area contributed by atoms with E-state index in [4.69, 9.17) is 0 Å². The van der Waals surface area contributed by atoms with Crippen molar-refractivity contribution >= 4 is 5.91 Å². The summed E-state index contributed by atoms with van der Waals surface area (Å²) in [6, 6.07) is 1.82. The Morgan fingerprint density at radius 1 is 1.40 bits per heavy atom. The third kappa shape index (κ3) is 4.00. The van der Waals surface area contributed by atoms with Gasteiger partial charge in [0.25, 0.3) is 0 Å². The number of pyridine rings is 1. The number of likely N-dealkylation sites (tertiary alicyclic amines) is 1. The molecule has 0 spiro atoms. The quantitative estimate of drug-likeness (QED) is 0.923. The number of aromatic amines is 1. The fraction of sp³-hybridized carbons (Fsp3) is 0.471. The molecular weight excluding hydrogens is 333 g/mol. The van der Waals surface area contributed by atoms with Crippen molar-refractivity contribution in [1.82, 2.24) is 19.9 Å². The summed E-state index contributed by atoms with van der Waals surface area (Å²) in [6.07, 6.45) is 1.47. The van der Waals surface area contributed by atoms with Crippen LogP contribution in [-0.2, 0) is 17.4 Å². The van der Waals surface area contributed by atoms with Gasteiger partial charge in [0.2, 0.25) is 5.91 Å². The maximum absolute atomic E-state index is 12.7. The van der Waals surface area contributed by atoms with Crippen molar-refractivity contribution in [2.45, 2.75) is 38.3 Å². The number of hydrogen-bond acceptors (Lipinski definition) is 3. The number of amides is 1. The molecule has 0 aromatic carbocycles. The fourth-order valence-corrected chi connectivity index (χ4v) is 3.09. The van der Waals surface area contributed by atoms with Crippen LogP contribution in [0, 0.1) is 6.92 Å². The zero-order chi connectivity index (χ0) is 18.0. The van der Waals surface area contributed by atoms with Gasteiger partial charge in [-0.25, -0.2) is 4.98 Å². The molecule has 5 nitrogen and oxygen atoms in total. The number of hydrogen-bond donors (Lipinski definition) is 1. The van der Waals surface area contributed by atoms with E-state index in [0.29, 0.717) is 25.3 Å². The molecule has 0 radical (unpaired) electrons. The zero-order valence-electron chi connectivity index (χ0n) is 13.8. The molecule has 2 aromatic rings. The molecule has 3 rings (SSSR count). The number of halogens is 3. The van der Waals surface area contributed by atoms with Crippen molar-refractivity contribution in [2.75, 3.05) is 13.1 Å². The molecule has 0 bridgehead atoms. The lowest BCUT2D eigenvalue weighted by Gasteiger charge is -2.32. The number of nitrogens with zero attached hydrogens (tertiary/aromatic N) is 3. The lowest BCUT2D eigenvalue weighted by molar-refractivity contribution is -0.141. The Morgan fingerprint density at radius 2 is 2.20 bits per heavy atom. The Labute approximate surface area is 143 Å². The number of piperidine rings is 1. The van der Waals surface area contributed by atoms with E-state index < -0.39 is 11.9 Å². The smallest absolute Gasteiger partial charge is 0.342 e. The number of imidazole rings is 1. The van der Waals surface area contributed by atoms with Crippen molar-refractivity contribution in [2.24, 2.45) is 0 Å². The first-order valence-corrected chi connectivity index (χ1v) is 8.14. The fourth-order valence-electron chi connectivity index (χ4n) is 3.09. The zero-order valence-corrected chi connectivity index (χ0v) is 13.8. The van der Waals surface area contributed by atoms with Crippen LogP contribution in [0.25, 0.3) is 0 Å². The molecule has 0 aliphatic carbocycles. The van der Waals surface area contributed by atoms with Crippen LogP contribution in [0.3, 0.4) is 0 Å². The van der Waals surface area contributed by atoms with Crippen molar-refractivity contribution in [3.05, 3.63) is 47.3 Å². The summed E-state index contributed by atoms with van der Waals surface area (Å²) < 4.78 is 38.1. The summed E-state index contributed by atoms with van der Waals surface area (Å²) >= 11 is 0. The number of H-pyrrole nitrogens is 1. The molecule has 0 saturated carbocycles. The molecule has 1 aliphatic heterocycles. The second-order valence-electron chi connectivity index (χ2n) is 6.34. The SMILES string of the molecule is Cc1cnccc1CC(=O)N1CCC[C@@H](c2ncc(C(F)(F)F)[nH]2)C1. The minimum absolute atomic E-state index is 0.0263. The van der Waals surface area contributed by atoms with Gasteiger partial charge in [0, 0.05) is 31.4 Å². The van der Waals surface area contributed by atoms with Gasteiger partial charge in [-0.15, -0.1) is 0 Å². The highest BCUT2D eigenvalue weighted by molar-refractivity contribution is 5.79. The topological polar surface area (TPSA) is 61.9 Å². The van der Waals surface area contributed by atoms with E-state index in [1.807, 2.05) is 13.0 Å². The van der Waals surface area contributed by atoms with Gasteiger partial charge in [-0.05, 0) is 37.0 Å². The monoisotopic (exact) mass is 352 g/mol. The van der Waals surface area contributed by atoms with Crippen molar-refractivity contribution in [3.63, 3.8) is 0 Å². The highest BCUT2D eigenvalue weighted by Crippen LogP contribution is 2.31. The van der Waals surface area contributed by atoms with Crippen LogP contribution in [0.5, 0.6) is 0 Å². The molecule has 1 amide bonds. The van der Waals surface area contributed by atoms with E-state index in [9.17, 15) is 18.0 Å². The van der Waals surface area contributed by atoms with Crippen LogP contribution >= 0.6 is 0 Å². The van der Waals surface area contributed by atoms with Crippen LogP contribution in [-0.4, -0.2) is 38.8 Å². The van der Waals surface area contributed by atoms with E-state index in [0.717, 1.165) is 23.7 Å². The number of carbonyl (C=O) groups excluding carboxylic acids is 1. The Balaban J connectivity index is 1.67. The lowest BCUT2D eigenvalue weighted by Crippen LogP contribution is -2.40. The number of carbonyl (C=O) groups is 1. The van der Waals surface area contributed by atoms with E-state index in [1.165, 1.54) is 0 Å². The standard InChI is InChI=1S/C17H19F3N4O/c1-11-8-21-5-4-12(11)7-15(25)24-6-2-3-13(10-24)16-22-9-14(23-16)17(18,19)20/h4-5,8-9,13H,2-3,6-7,10H2,1H3,(H,22,23)/t13-/m1/s1. The molecule has 1 fully saturated rings. The molecule has 0 unspecified atom stereocenters. The third-order valence-electron chi connectivity index (χ3n) is 4.54. The minimum Gasteiger partial charge on any atom is -0.342 e. The largest absolute Gasteiger partial charge is 0.432 e. The molecule has 1 atom stereocenters. The predicted octanol–water partition coefficient (Wildman–Crippen LogP) is 3.08. The molecule has 3 heterocycles. The first-order valence-electron chi connectivity index (χ1n) is 8.14. The summed E-state index contributed by atoms with van der Waals surface area (Å²) in [5, 5.41) is 0. The van der Waals surface area contributed by atoms with E-state index >= 15 is 0 Å². The van der Waals surface area contributed by atoms with Gasteiger partial charge < -0.3 is 9.88 Å². The summed E-state index contributed by atoms with van der Waals surface area (Å²) in [5.74, 6) is 0.0684. The molecule has 2 aromatic heterocycles. The van der Waals surface area contributed by atoms with Gasteiger partial charge in [0.1, 0.15) is 11.5 Å². The van der Waals surface area contributed by atoms with Gasteiger partial charge in [0.15, 0.2) is 0 Å². The minimum atomic E-state index is -4.44. The number of nitrogens with one attached hydrogen (secondary N) is 1. The van der Waals surface area contributed by atoms with Crippen LogP contribution in [0.1, 0.15) is 41.4 Å². The number of aromatic nitrogens is 3. The highest BCUT2D eigenvalue weighted by atomic mass is 19.4. The number of aryl methyl sites for hydroxylation is 1. The summed E-state index contributed by atoms with van der Waals surface area (Å²) in [5.41, 5.74) is 1.02.